The van der Waals surface area contributed by atoms with Gasteiger partial charge in [0.25, 0.3) is 0 Å². The van der Waals surface area contributed by atoms with Gasteiger partial charge >= 0.3 is 0 Å². The van der Waals surface area contributed by atoms with Gasteiger partial charge in [-0.15, -0.1) is 0 Å². The van der Waals surface area contributed by atoms with Gasteiger partial charge in [-0.25, -0.2) is 0 Å². The Morgan fingerprint density at radius 2 is 1.71 bits per heavy atom. The van der Waals surface area contributed by atoms with E-state index in [1.165, 1.54) is 6.42 Å². The average molecular weight is 226 g/mol. The number of primary amides is 1. The molecule has 0 atom stereocenters. The van der Waals surface area contributed by atoms with Crippen molar-refractivity contribution in [3.05, 3.63) is 66.6 Å². The van der Waals surface area contributed by atoms with Crippen molar-refractivity contribution in [1.82, 2.24) is 0 Å². The van der Waals surface area contributed by atoms with Gasteiger partial charge in [0.15, 0.2) is 0 Å². The Morgan fingerprint density at radius 3 is 2.41 bits per heavy atom. The lowest BCUT2D eigenvalue weighted by atomic mass is 10.1. The molecule has 0 aliphatic carbocycles. The summed E-state index contributed by atoms with van der Waals surface area (Å²) in [6.45, 7) is 0. The molecular formula is C14H12NO2. The van der Waals surface area contributed by atoms with Gasteiger partial charge in [0.05, 0.1) is 6.42 Å². The van der Waals surface area contributed by atoms with E-state index in [-0.39, 0.29) is 0 Å². The van der Waals surface area contributed by atoms with Crippen LogP contribution in [0.5, 0.6) is 11.5 Å². The number of carbonyl (C=O) groups is 1. The molecule has 0 bridgehead atoms. The summed E-state index contributed by atoms with van der Waals surface area (Å²) >= 11 is 0. The molecule has 0 unspecified atom stereocenters. The third kappa shape index (κ3) is 3.34. The monoisotopic (exact) mass is 226 g/mol. The van der Waals surface area contributed by atoms with Crippen molar-refractivity contribution in [1.29, 1.82) is 0 Å². The molecule has 2 rings (SSSR count). The SMILES string of the molecule is NC(=O)[CH]c1cccc(Oc2ccccc2)c1. The fourth-order valence-electron chi connectivity index (χ4n) is 1.46. The predicted octanol–water partition coefficient (Wildman–Crippen LogP) is 2.52. The summed E-state index contributed by atoms with van der Waals surface area (Å²) in [5, 5.41) is 0. The molecule has 2 aromatic carbocycles. The maximum atomic E-state index is 10.8. The van der Waals surface area contributed by atoms with Crippen molar-refractivity contribution in [2.75, 3.05) is 0 Å². The summed E-state index contributed by atoms with van der Waals surface area (Å²) in [5.74, 6) is 0.955. The number of carbonyl (C=O) groups excluding carboxylic acids is 1. The molecule has 2 aromatic rings. The zero-order chi connectivity index (χ0) is 12.1. The summed E-state index contributed by atoms with van der Waals surface area (Å²) in [7, 11) is 0. The average Bonchev–Trinajstić information content (AvgIpc) is 2.30. The molecule has 0 aromatic heterocycles. The van der Waals surface area contributed by atoms with Crippen molar-refractivity contribution in [2.45, 2.75) is 0 Å². The van der Waals surface area contributed by atoms with E-state index >= 15 is 0 Å². The minimum atomic E-state index is -0.470. The molecule has 17 heavy (non-hydrogen) atoms. The summed E-state index contributed by atoms with van der Waals surface area (Å²) < 4.78 is 5.63. The topological polar surface area (TPSA) is 52.3 Å². The zero-order valence-corrected chi connectivity index (χ0v) is 9.17. The Kier molecular flexibility index (Phi) is 3.40. The second kappa shape index (κ2) is 5.16. The molecule has 0 spiro atoms. The fraction of sp³-hybridized carbons (Fsp3) is 0. The van der Waals surface area contributed by atoms with Crippen molar-refractivity contribution in [3.63, 3.8) is 0 Å². The van der Waals surface area contributed by atoms with E-state index in [9.17, 15) is 4.79 Å². The largest absolute Gasteiger partial charge is 0.457 e. The first-order valence-corrected chi connectivity index (χ1v) is 5.21. The van der Waals surface area contributed by atoms with Gasteiger partial charge in [-0.05, 0) is 29.8 Å². The minimum absolute atomic E-state index is 0.470. The normalized spacial score (nSPS) is 9.88. The van der Waals surface area contributed by atoms with Gasteiger partial charge in [-0.3, -0.25) is 4.79 Å². The van der Waals surface area contributed by atoms with Gasteiger partial charge in [0, 0.05) is 0 Å². The zero-order valence-electron chi connectivity index (χ0n) is 9.17. The predicted molar refractivity (Wildman–Crippen MR) is 65.6 cm³/mol. The Balaban J connectivity index is 2.14. The third-order valence-corrected chi connectivity index (χ3v) is 2.15. The van der Waals surface area contributed by atoms with Crippen LogP contribution in [0.4, 0.5) is 0 Å². The molecular weight excluding hydrogens is 214 g/mol. The first kappa shape index (κ1) is 11.2. The first-order chi connectivity index (χ1) is 8.24. The van der Waals surface area contributed by atoms with Crippen LogP contribution in [0.15, 0.2) is 54.6 Å². The Bertz CT molecular complexity index is 509. The Hall–Kier alpha value is -2.29. The smallest absolute Gasteiger partial charge is 0.226 e. The van der Waals surface area contributed by atoms with Crippen molar-refractivity contribution in [3.8, 4) is 11.5 Å². The first-order valence-electron chi connectivity index (χ1n) is 5.21. The highest BCUT2D eigenvalue weighted by Crippen LogP contribution is 2.22. The molecule has 0 fully saturated rings. The lowest BCUT2D eigenvalue weighted by Crippen LogP contribution is -2.11. The quantitative estimate of drug-likeness (QED) is 0.870. The van der Waals surface area contributed by atoms with E-state index in [0.29, 0.717) is 5.75 Å². The maximum absolute atomic E-state index is 10.8. The number of para-hydroxylation sites is 1. The molecule has 0 saturated carbocycles. The fourth-order valence-corrected chi connectivity index (χ4v) is 1.46. The highest BCUT2D eigenvalue weighted by molar-refractivity contribution is 5.86. The van der Waals surface area contributed by atoms with E-state index < -0.39 is 5.91 Å². The minimum Gasteiger partial charge on any atom is -0.457 e. The Labute approximate surface area is 99.8 Å². The second-order valence-electron chi connectivity index (χ2n) is 3.53. The van der Waals surface area contributed by atoms with Crippen LogP contribution in [0.2, 0.25) is 0 Å². The number of benzene rings is 2. The molecule has 0 aliphatic heterocycles. The van der Waals surface area contributed by atoms with E-state index in [4.69, 9.17) is 10.5 Å². The van der Waals surface area contributed by atoms with E-state index in [2.05, 4.69) is 0 Å². The van der Waals surface area contributed by atoms with Gasteiger partial charge in [-0.2, -0.15) is 0 Å². The molecule has 0 saturated heterocycles. The maximum Gasteiger partial charge on any atom is 0.226 e. The third-order valence-electron chi connectivity index (χ3n) is 2.15. The highest BCUT2D eigenvalue weighted by atomic mass is 16.5. The van der Waals surface area contributed by atoms with Crippen molar-refractivity contribution in [2.24, 2.45) is 5.73 Å². The number of rotatable bonds is 4. The molecule has 0 heterocycles. The molecule has 85 valence electrons. The van der Waals surface area contributed by atoms with Crippen molar-refractivity contribution >= 4 is 5.91 Å². The molecule has 0 aliphatic rings. The summed E-state index contributed by atoms with van der Waals surface area (Å²) in [4.78, 5) is 10.8. The molecule has 1 radical (unpaired) electrons. The van der Waals surface area contributed by atoms with Crippen LogP contribution in [0, 0.1) is 6.42 Å². The highest BCUT2D eigenvalue weighted by Gasteiger charge is 2.01. The van der Waals surface area contributed by atoms with E-state index in [1.807, 2.05) is 42.5 Å². The van der Waals surface area contributed by atoms with Gasteiger partial charge in [0.2, 0.25) is 5.91 Å². The molecule has 2 N–H and O–H groups in total. The van der Waals surface area contributed by atoms with Crippen LogP contribution in [0.1, 0.15) is 5.56 Å². The summed E-state index contributed by atoms with van der Waals surface area (Å²) in [6, 6.07) is 16.6. The van der Waals surface area contributed by atoms with E-state index in [1.54, 1.807) is 12.1 Å². The molecule has 3 nitrogen and oxygen atoms in total. The number of hydrogen-bond donors (Lipinski definition) is 1. The number of ether oxygens (including phenoxy) is 1. The Morgan fingerprint density at radius 1 is 1.00 bits per heavy atom. The number of amides is 1. The molecule has 3 heteroatoms. The lowest BCUT2D eigenvalue weighted by Gasteiger charge is -2.06. The van der Waals surface area contributed by atoms with Crippen molar-refractivity contribution < 1.29 is 9.53 Å². The van der Waals surface area contributed by atoms with Crippen LogP contribution < -0.4 is 10.5 Å². The summed E-state index contributed by atoms with van der Waals surface area (Å²) in [6.07, 6.45) is 1.36. The number of nitrogens with two attached hydrogens (primary N) is 1. The van der Waals surface area contributed by atoms with Crippen LogP contribution >= 0.6 is 0 Å². The van der Waals surface area contributed by atoms with Gasteiger partial charge < -0.3 is 10.5 Å². The van der Waals surface area contributed by atoms with Gasteiger partial charge in [0.1, 0.15) is 11.5 Å². The second-order valence-corrected chi connectivity index (χ2v) is 3.53. The molecule has 1 amide bonds. The van der Waals surface area contributed by atoms with Crippen LogP contribution in [0.3, 0.4) is 0 Å². The number of hydrogen-bond acceptors (Lipinski definition) is 2. The van der Waals surface area contributed by atoms with E-state index in [0.717, 1.165) is 11.3 Å². The lowest BCUT2D eigenvalue weighted by molar-refractivity contribution is -0.114. The van der Waals surface area contributed by atoms with Crippen LogP contribution in [-0.4, -0.2) is 5.91 Å². The van der Waals surface area contributed by atoms with Crippen LogP contribution in [0.25, 0.3) is 0 Å². The van der Waals surface area contributed by atoms with Gasteiger partial charge in [-0.1, -0.05) is 30.3 Å². The van der Waals surface area contributed by atoms with Crippen LogP contribution in [-0.2, 0) is 4.79 Å². The standard InChI is InChI=1S/C14H12NO2/c15-14(16)10-11-5-4-8-13(9-11)17-12-6-2-1-3-7-12/h1-10H,(H2,15,16). The summed E-state index contributed by atoms with van der Waals surface area (Å²) in [5.41, 5.74) is 5.82.